The van der Waals surface area contributed by atoms with Crippen LogP contribution >= 0.6 is 7.52 Å². The fourth-order valence-electron chi connectivity index (χ4n) is 2.10. The number of nitrogens with one attached hydrogen (secondary N) is 2. The highest BCUT2D eigenvalue weighted by Crippen LogP contribution is 2.48. The largest absolute Gasteiger partial charge is 0.321 e. The van der Waals surface area contributed by atoms with Crippen LogP contribution in [0.3, 0.4) is 0 Å². The molecule has 1 rings (SSSR count). The first kappa shape index (κ1) is 13.2. The van der Waals surface area contributed by atoms with E-state index in [0.717, 1.165) is 12.8 Å². The van der Waals surface area contributed by atoms with Crippen molar-refractivity contribution in [2.45, 2.75) is 50.9 Å². The molecule has 0 amide bonds. The van der Waals surface area contributed by atoms with Crippen molar-refractivity contribution < 1.29 is 10.5 Å². The molecule has 0 aliphatic heterocycles. The third kappa shape index (κ3) is 3.04. The van der Waals surface area contributed by atoms with Crippen molar-refractivity contribution in [3.05, 3.63) is 0 Å². The van der Waals surface area contributed by atoms with E-state index in [9.17, 15) is 4.57 Å². The van der Waals surface area contributed by atoms with Crippen molar-refractivity contribution in [1.82, 2.24) is 10.4 Å². The van der Waals surface area contributed by atoms with Crippen LogP contribution in [0.15, 0.2) is 0 Å². The van der Waals surface area contributed by atoms with Gasteiger partial charge in [0.15, 0.2) is 0 Å². The summed E-state index contributed by atoms with van der Waals surface area (Å²) >= 11 is 0. The molecule has 5 heteroatoms. The molecule has 1 fully saturated rings. The first-order valence-corrected chi connectivity index (χ1v) is 7.33. The summed E-state index contributed by atoms with van der Waals surface area (Å²) in [6.07, 6.45) is 3.41. The third-order valence-corrected chi connectivity index (χ3v) is 5.78. The predicted octanol–water partition coefficient (Wildman–Crippen LogP) is 2.21. The first-order chi connectivity index (χ1) is 7.03. The second-order valence-corrected chi connectivity index (χ2v) is 7.29. The van der Waals surface area contributed by atoms with Gasteiger partial charge in [-0.2, -0.15) is 0 Å². The Morgan fingerprint density at radius 3 is 2.47 bits per heavy atom. The van der Waals surface area contributed by atoms with E-state index in [1.54, 1.807) is 0 Å². The molecule has 15 heavy (non-hydrogen) atoms. The van der Waals surface area contributed by atoms with Crippen LogP contribution in [0.5, 0.6) is 0 Å². The molecular weight excluding hydrogens is 211 g/mol. The van der Waals surface area contributed by atoms with Gasteiger partial charge in [-0.05, 0) is 19.9 Å². The molecule has 2 N–H and O–H groups in total. The van der Waals surface area contributed by atoms with Gasteiger partial charge in [0, 0.05) is 26.3 Å². The molecule has 0 saturated heterocycles. The summed E-state index contributed by atoms with van der Waals surface area (Å²) in [6, 6.07) is 0.704. The molecule has 3 atom stereocenters. The van der Waals surface area contributed by atoms with Crippen LogP contribution in [-0.2, 0) is 9.09 Å². The topological polar surface area (TPSA) is 50.4 Å². The number of hydrogen-bond acceptors (Lipinski definition) is 3. The van der Waals surface area contributed by atoms with Gasteiger partial charge in [0.05, 0.1) is 0 Å². The Labute approximate surface area is 94.1 Å². The average molecular weight is 236 g/mol. The van der Waals surface area contributed by atoms with Crippen LogP contribution in [0.4, 0.5) is 0 Å². The van der Waals surface area contributed by atoms with Gasteiger partial charge in [-0.3, -0.25) is 4.57 Å². The van der Waals surface area contributed by atoms with Crippen LogP contribution < -0.4 is 10.4 Å². The molecule has 1 aliphatic carbocycles. The maximum absolute atomic E-state index is 12.3. The zero-order valence-corrected chi connectivity index (χ0v) is 11.0. The van der Waals surface area contributed by atoms with E-state index in [2.05, 4.69) is 10.4 Å². The molecule has 0 aromatic heterocycles. The van der Waals surface area contributed by atoms with Gasteiger partial charge < -0.3 is 9.84 Å². The Morgan fingerprint density at radius 2 is 2.00 bits per heavy atom. The summed E-state index contributed by atoms with van der Waals surface area (Å²) in [4.78, 5) is 0. The minimum Gasteiger partial charge on any atom is -0.321 e. The van der Waals surface area contributed by atoms with Crippen molar-refractivity contribution in [2.24, 2.45) is 0 Å². The molecule has 0 heterocycles. The number of hydrogen-bond donors (Lipinski definition) is 2. The summed E-state index contributed by atoms with van der Waals surface area (Å²) in [5, 5.41) is 6.47. The van der Waals surface area contributed by atoms with E-state index in [-0.39, 0.29) is 13.1 Å². The lowest BCUT2D eigenvalue weighted by Gasteiger charge is -2.28. The lowest BCUT2D eigenvalue weighted by molar-refractivity contribution is 0.358. The summed E-state index contributed by atoms with van der Waals surface area (Å²) < 4.78 is 17.5. The quantitative estimate of drug-likeness (QED) is 0.719. The van der Waals surface area contributed by atoms with Crippen molar-refractivity contribution in [1.29, 1.82) is 0 Å². The maximum Gasteiger partial charge on any atom is 0.272 e. The minimum absolute atomic E-state index is 0. The summed E-state index contributed by atoms with van der Waals surface area (Å²) in [5.74, 6) is 0. The van der Waals surface area contributed by atoms with Gasteiger partial charge in [-0.15, -0.1) is 0 Å². The lowest BCUT2D eigenvalue weighted by Crippen LogP contribution is -2.42. The molecule has 0 radical (unpaired) electrons. The average Bonchev–Trinajstić information content (AvgIpc) is 2.64. The summed E-state index contributed by atoms with van der Waals surface area (Å²) in [6.45, 7) is 3.86. The maximum atomic E-state index is 12.3. The van der Waals surface area contributed by atoms with Crippen LogP contribution in [0.2, 0.25) is 0 Å². The molecule has 4 nitrogen and oxygen atoms in total. The van der Waals surface area contributed by atoms with Crippen molar-refractivity contribution >= 4 is 7.52 Å². The molecule has 92 valence electrons. The second-order valence-electron chi connectivity index (χ2n) is 4.44. The SMILES string of the molecule is CNC1CCCC1NP(=O)(OC)C(C)C.[HH]. The summed E-state index contributed by atoms with van der Waals surface area (Å²) in [5.41, 5.74) is 0.0283. The molecule has 0 bridgehead atoms. The highest BCUT2D eigenvalue weighted by Gasteiger charge is 2.34. The first-order valence-electron chi connectivity index (χ1n) is 5.64. The van der Waals surface area contributed by atoms with Crippen molar-refractivity contribution in [3.63, 3.8) is 0 Å². The molecule has 3 unspecified atom stereocenters. The van der Waals surface area contributed by atoms with E-state index in [0.29, 0.717) is 6.04 Å². The van der Waals surface area contributed by atoms with Crippen molar-refractivity contribution in [2.75, 3.05) is 14.2 Å². The highest BCUT2D eigenvalue weighted by atomic mass is 31.2. The molecule has 0 spiro atoms. The van der Waals surface area contributed by atoms with Crippen molar-refractivity contribution in [3.8, 4) is 0 Å². The molecule has 0 aromatic rings. The Kier molecular flexibility index (Phi) is 4.78. The molecule has 1 saturated carbocycles. The highest BCUT2D eigenvalue weighted by molar-refractivity contribution is 7.57. The molecule has 1 aliphatic rings. The zero-order valence-electron chi connectivity index (χ0n) is 10.1. The predicted molar refractivity (Wildman–Crippen MR) is 65.5 cm³/mol. The Bertz CT molecular complexity index is 251. The fraction of sp³-hybridized carbons (Fsp3) is 1.00. The number of rotatable bonds is 5. The number of likely N-dealkylation sites (N-methyl/N-ethyl adjacent to an activating group) is 1. The van der Waals surface area contributed by atoms with E-state index in [1.807, 2.05) is 20.9 Å². The zero-order chi connectivity index (χ0) is 11.5. The van der Waals surface area contributed by atoms with E-state index in [4.69, 9.17) is 4.52 Å². The standard InChI is InChI=1S/C10H23N2O2P.H2/c1-8(2)15(13,14-4)12-10-7-5-6-9(10)11-3;/h8-11H,5-7H2,1-4H3,(H,12,13);1H. The van der Waals surface area contributed by atoms with Gasteiger partial charge in [-0.1, -0.05) is 20.3 Å². The monoisotopic (exact) mass is 236 g/mol. The van der Waals surface area contributed by atoms with E-state index in [1.165, 1.54) is 13.5 Å². The van der Waals surface area contributed by atoms with Crippen LogP contribution in [0.25, 0.3) is 0 Å². The lowest BCUT2D eigenvalue weighted by atomic mass is 10.2. The van der Waals surface area contributed by atoms with Crippen LogP contribution in [-0.4, -0.2) is 31.9 Å². The third-order valence-electron chi connectivity index (χ3n) is 3.18. The van der Waals surface area contributed by atoms with Gasteiger partial charge >= 0.3 is 0 Å². The van der Waals surface area contributed by atoms with Gasteiger partial charge in [-0.25, -0.2) is 5.09 Å². The molecule has 0 aromatic carbocycles. The Balaban J connectivity index is 0.00000225. The van der Waals surface area contributed by atoms with E-state index < -0.39 is 7.52 Å². The van der Waals surface area contributed by atoms with Crippen LogP contribution in [0, 0.1) is 0 Å². The van der Waals surface area contributed by atoms with Gasteiger partial charge in [0.2, 0.25) is 0 Å². The Hall–Kier alpha value is 0.110. The summed E-state index contributed by atoms with van der Waals surface area (Å²) in [7, 11) is 0.819. The second kappa shape index (κ2) is 5.44. The normalized spacial score (nSPS) is 30.7. The van der Waals surface area contributed by atoms with Gasteiger partial charge in [0.25, 0.3) is 7.52 Å². The smallest absolute Gasteiger partial charge is 0.272 e. The molecular formula is C10H25N2O2P. The van der Waals surface area contributed by atoms with E-state index >= 15 is 0 Å². The Morgan fingerprint density at radius 1 is 1.40 bits per heavy atom. The van der Waals surface area contributed by atoms with Gasteiger partial charge in [0.1, 0.15) is 0 Å². The fourth-order valence-corrected chi connectivity index (χ4v) is 3.70. The van der Waals surface area contributed by atoms with Crippen LogP contribution in [0.1, 0.15) is 34.5 Å². The minimum atomic E-state index is -2.66.